The van der Waals surface area contributed by atoms with E-state index in [1.807, 2.05) is 30.5 Å². The summed E-state index contributed by atoms with van der Waals surface area (Å²) in [6.45, 7) is 5.70. The van der Waals surface area contributed by atoms with Gasteiger partial charge in [-0.05, 0) is 48.6 Å². The number of tetrazole rings is 1. The molecule has 0 aromatic carbocycles. The summed E-state index contributed by atoms with van der Waals surface area (Å²) >= 11 is 1.48. The number of hydrogen-bond donors (Lipinski definition) is 1. The molecule has 1 saturated heterocycles. The lowest BCUT2D eigenvalue weighted by atomic mass is 10.1. The average molecular weight is 528 g/mol. The first-order valence-corrected chi connectivity index (χ1v) is 13.7. The molecule has 4 heterocycles. The second-order valence-electron chi connectivity index (χ2n) is 9.50. The Morgan fingerprint density at radius 2 is 2.03 bits per heavy atom. The number of hydrogen-bond acceptors (Lipinski definition) is 9. The van der Waals surface area contributed by atoms with E-state index in [1.54, 1.807) is 11.0 Å². The monoisotopic (exact) mass is 527 g/mol. The minimum Gasteiger partial charge on any atom is -0.458 e. The molecule has 1 saturated carbocycles. The number of nitrogens with one attached hydrogen (secondary N) is 1. The molecule has 2 amide bonds. The van der Waals surface area contributed by atoms with Crippen molar-refractivity contribution < 1.29 is 18.7 Å². The van der Waals surface area contributed by atoms with E-state index in [1.165, 1.54) is 16.1 Å². The number of aromatic nitrogens is 4. The number of morpholine rings is 1. The molecule has 3 aromatic heterocycles. The van der Waals surface area contributed by atoms with Gasteiger partial charge in [0.2, 0.25) is 17.6 Å². The van der Waals surface area contributed by atoms with Gasteiger partial charge in [0.1, 0.15) is 18.3 Å². The standard InChI is InChI=1S/C25H33N7O4S/c1-18-8-9-20(36-18)24-27-29-32(28-24)17-22(33)31(11-10-30-12-14-35-15-13-30)23(21-7-4-16-37-21)25(34)26-19-5-2-3-6-19/h4,7-9,16,19,23H,2-3,5-6,10-15,17H2,1H3,(H,26,34)/t23-/m0/s1. The van der Waals surface area contributed by atoms with Crippen molar-refractivity contribution in [3.63, 3.8) is 0 Å². The quantitative estimate of drug-likeness (QED) is 0.427. The van der Waals surface area contributed by atoms with Crippen LogP contribution in [0.1, 0.15) is 42.4 Å². The molecule has 1 atom stereocenters. The zero-order valence-corrected chi connectivity index (χ0v) is 21.9. The number of aryl methyl sites for hydroxylation is 1. The molecule has 12 heteroatoms. The van der Waals surface area contributed by atoms with Crippen LogP contribution < -0.4 is 5.32 Å². The van der Waals surface area contributed by atoms with E-state index >= 15 is 0 Å². The maximum Gasteiger partial charge on any atom is 0.248 e. The molecule has 1 aliphatic heterocycles. The van der Waals surface area contributed by atoms with Crippen molar-refractivity contribution in [1.29, 1.82) is 0 Å². The molecule has 5 rings (SSSR count). The molecule has 2 aliphatic rings. The normalized spacial score (nSPS) is 17.6. The SMILES string of the molecule is Cc1ccc(-c2nnn(CC(=O)N(CCN3CCOCC3)[C@H](C(=O)NC3CCCC3)c3cccs3)n2)o1. The van der Waals surface area contributed by atoms with Crippen molar-refractivity contribution in [2.24, 2.45) is 0 Å². The van der Waals surface area contributed by atoms with Gasteiger partial charge in [0.05, 0.1) is 13.2 Å². The Morgan fingerprint density at radius 1 is 1.22 bits per heavy atom. The maximum absolute atomic E-state index is 13.8. The van der Waals surface area contributed by atoms with Gasteiger partial charge in [0, 0.05) is 37.1 Å². The highest BCUT2D eigenvalue weighted by molar-refractivity contribution is 7.10. The van der Waals surface area contributed by atoms with Crippen LogP contribution in [0.4, 0.5) is 0 Å². The molecule has 0 bridgehead atoms. The van der Waals surface area contributed by atoms with Crippen LogP contribution in [-0.2, 0) is 20.9 Å². The van der Waals surface area contributed by atoms with Crippen LogP contribution >= 0.6 is 11.3 Å². The van der Waals surface area contributed by atoms with E-state index in [4.69, 9.17) is 9.15 Å². The van der Waals surface area contributed by atoms with Crippen LogP contribution in [-0.4, -0.2) is 87.3 Å². The molecule has 0 radical (unpaired) electrons. The average Bonchev–Trinajstić information content (AvgIpc) is 3.71. The molecule has 1 N–H and O–H groups in total. The Bertz CT molecular complexity index is 1170. The van der Waals surface area contributed by atoms with Crippen molar-refractivity contribution in [1.82, 2.24) is 35.3 Å². The molecule has 3 aromatic rings. The van der Waals surface area contributed by atoms with Gasteiger partial charge < -0.3 is 19.4 Å². The van der Waals surface area contributed by atoms with Crippen molar-refractivity contribution in [3.8, 4) is 11.6 Å². The summed E-state index contributed by atoms with van der Waals surface area (Å²) in [5.41, 5.74) is 0. The van der Waals surface area contributed by atoms with Gasteiger partial charge in [-0.25, -0.2) is 0 Å². The molecule has 11 nitrogen and oxygen atoms in total. The zero-order chi connectivity index (χ0) is 25.6. The minimum atomic E-state index is -0.718. The zero-order valence-electron chi connectivity index (χ0n) is 21.0. The Hall–Kier alpha value is -3.09. The van der Waals surface area contributed by atoms with Crippen LogP contribution in [0.5, 0.6) is 0 Å². The first kappa shape index (κ1) is 25.6. The first-order chi connectivity index (χ1) is 18.1. The van der Waals surface area contributed by atoms with Crippen LogP contribution in [0.3, 0.4) is 0 Å². The van der Waals surface area contributed by atoms with E-state index in [2.05, 4.69) is 25.6 Å². The third-order valence-electron chi connectivity index (χ3n) is 6.85. The maximum atomic E-state index is 13.8. The minimum absolute atomic E-state index is 0.131. The first-order valence-electron chi connectivity index (χ1n) is 12.8. The highest BCUT2D eigenvalue weighted by Gasteiger charge is 2.34. The third-order valence-corrected chi connectivity index (χ3v) is 7.77. The van der Waals surface area contributed by atoms with Crippen molar-refractivity contribution in [3.05, 3.63) is 40.3 Å². The van der Waals surface area contributed by atoms with Crippen LogP contribution in [0.25, 0.3) is 11.6 Å². The smallest absolute Gasteiger partial charge is 0.248 e. The summed E-state index contributed by atoms with van der Waals surface area (Å²) in [4.78, 5) is 33.4. The van der Waals surface area contributed by atoms with Gasteiger partial charge in [-0.2, -0.15) is 4.80 Å². The van der Waals surface area contributed by atoms with Gasteiger partial charge in [-0.15, -0.1) is 21.5 Å². The fraction of sp³-hybridized carbons (Fsp3) is 0.560. The lowest BCUT2D eigenvalue weighted by Crippen LogP contribution is -2.50. The van der Waals surface area contributed by atoms with Gasteiger partial charge in [-0.1, -0.05) is 18.9 Å². The van der Waals surface area contributed by atoms with E-state index < -0.39 is 6.04 Å². The second kappa shape index (κ2) is 12.0. The number of amides is 2. The van der Waals surface area contributed by atoms with Crippen LogP contribution in [0, 0.1) is 6.92 Å². The highest BCUT2D eigenvalue weighted by atomic mass is 32.1. The Labute approximate surface area is 219 Å². The number of furan rings is 1. The fourth-order valence-electron chi connectivity index (χ4n) is 4.87. The number of thiophene rings is 1. The van der Waals surface area contributed by atoms with Crippen molar-refractivity contribution in [2.45, 2.75) is 51.2 Å². The molecule has 0 spiro atoms. The van der Waals surface area contributed by atoms with Crippen molar-refractivity contribution >= 4 is 23.2 Å². The molecule has 2 fully saturated rings. The number of carbonyl (C=O) groups is 2. The molecule has 1 aliphatic carbocycles. The lowest BCUT2D eigenvalue weighted by Gasteiger charge is -2.34. The predicted octanol–water partition coefficient (Wildman–Crippen LogP) is 2.26. The van der Waals surface area contributed by atoms with E-state index in [0.29, 0.717) is 37.9 Å². The Kier molecular flexibility index (Phi) is 8.27. The fourth-order valence-corrected chi connectivity index (χ4v) is 5.70. The second-order valence-corrected chi connectivity index (χ2v) is 10.5. The molecular weight excluding hydrogens is 494 g/mol. The van der Waals surface area contributed by atoms with Crippen molar-refractivity contribution in [2.75, 3.05) is 39.4 Å². The number of nitrogens with zero attached hydrogens (tertiary/aromatic N) is 6. The van der Waals surface area contributed by atoms with Crippen LogP contribution in [0.2, 0.25) is 0 Å². The summed E-state index contributed by atoms with van der Waals surface area (Å²) in [6.07, 6.45) is 4.18. The number of ether oxygens (including phenoxy) is 1. The van der Waals surface area contributed by atoms with Gasteiger partial charge >= 0.3 is 0 Å². The van der Waals surface area contributed by atoms with E-state index in [0.717, 1.165) is 49.4 Å². The highest BCUT2D eigenvalue weighted by Crippen LogP contribution is 2.28. The molecule has 37 heavy (non-hydrogen) atoms. The van der Waals surface area contributed by atoms with Gasteiger partial charge in [-0.3, -0.25) is 14.5 Å². The number of rotatable bonds is 10. The van der Waals surface area contributed by atoms with E-state index in [-0.39, 0.29) is 24.4 Å². The van der Waals surface area contributed by atoms with Gasteiger partial charge in [0.15, 0.2) is 5.76 Å². The third kappa shape index (κ3) is 6.43. The largest absolute Gasteiger partial charge is 0.458 e. The number of carbonyl (C=O) groups excluding carboxylic acids is 2. The predicted molar refractivity (Wildman–Crippen MR) is 137 cm³/mol. The summed E-state index contributed by atoms with van der Waals surface area (Å²) in [7, 11) is 0. The lowest BCUT2D eigenvalue weighted by molar-refractivity contribution is -0.142. The van der Waals surface area contributed by atoms with E-state index in [9.17, 15) is 9.59 Å². The molecule has 0 unspecified atom stereocenters. The summed E-state index contributed by atoms with van der Waals surface area (Å²) in [6, 6.07) is 6.87. The summed E-state index contributed by atoms with van der Waals surface area (Å²) in [5.74, 6) is 1.17. The summed E-state index contributed by atoms with van der Waals surface area (Å²) in [5, 5.41) is 17.6. The topological polar surface area (TPSA) is 119 Å². The summed E-state index contributed by atoms with van der Waals surface area (Å²) < 4.78 is 11.1. The van der Waals surface area contributed by atoms with Crippen LogP contribution in [0.15, 0.2) is 34.1 Å². The van der Waals surface area contributed by atoms with Gasteiger partial charge in [0.25, 0.3) is 0 Å². The molecular formula is C25H33N7O4S. The molecule has 198 valence electrons. The Morgan fingerprint density at radius 3 is 2.73 bits per heavy atom. The Balaban J connectivity index is 1.37.